The summed E-state index contributed by atoms with van der Waals surface area (Å²) < 4.78 is 0. The average Bonchev–Trinajstić information content (AvgIpc) is 2.91. The number of rotatable bonds is 1. The minimum absolute atomic E-state index is 0.700. The summed E-state index contributed by atoms with van der Waals surface area (Å²) in [4.78, 5) is 12.6. The fraction of sp³-hybridized carbons (Fsp3) is 0.0588. The van der Waals surface area contributed by atoms with Crippen molar-refractivity contribution < 1.29 is 0 Å². The quantitative estimate of drug-likeness (QED) is 0.551. The Bertz CT molecular complexity index is 958. The Balaban J connectivity index is 2.06. The van der Waals surface area contributed by atoms with Crippen LogP contribution in [0.5, 0.6) is 0 Å². The first-order chi connectivity index (χ1) is 10.2. The maximum absolute atomic E-state index is 6.41. The molecule has 1 N–H and O–H groups in total. The molecule has 0 unspecified atom stereocenters. The molecule has 0 radical (unpaired) electrons. The fourth-order valence-electron chi connectivity index (χ4n) is 2.60. The van der Waals surface area contributed by atoms with E-state index in [-0.39, 0.29) is 0 Å². The van der Waals surface area contributed by atoms with Crippen molar-refractivity contribution in [2.75, 3.05) is 0 Å². The van der Waals surface area contributed by atoms with Gasteiger partial charge in [-0.15, -0.1) is 0 Å². The van der Waals surface area contributed by atoms with Gasteiger partial charge in [0.15, 0.2) is 5.82 Å². The Hall–Kier alpha value is -2.39. The normalized spacial score (nSPS) is 11.3. The molecule has 3 nitrogen and oxygen atoms in total. The van der Waals surface area contributed by atoms with Crippen molar-refractivity contribution in [2.24, 2.45) is 0 Å². The van der Waals surface area contributed by atoms with Gasteiger partial charge in [0, 0.05) is 22.2 Å². The third-order valence-electron chi connectivity index (χ3n) is 3.55. The van der Waals surface area contributed by atoms with Gasteiger partial charge in [-0.1, -0.05) is 41.9 Å². The van der Waals surface area contributed by atoms with Crippen LogP contribution in [0, 0.1) is 6.92 Å². The van der Waals surface area contributed by atoms with Crippen molar-refractivity contribution in [1.29, 1.82) is 0 Å². The Labute approximate surface area is 126 Å². The topological polar surface area (TPSA) is 41.6 Å². The van der Waals surface area contributed by atoms with Gasteiger partial charge < -0.3 is 4.98 Å². The lowest BCUT2D eigenvalue weighted by atomic mass is 10.1. The van der Waals surface area contributed by atoms with Gasteiger partial charge in [-0.25, -0.2) is 9.97 Å². The maximum Gasteiger partial charge on any atom is 0.160 e. The second-order valence-electron chi connectivity index (χ2n) is 5.07. The summed E-state index contributed by atoms with van der Waals surface area (Å²) in [5.41, 5.74) is 4.71. The number of aromatic nitrogens is 3. The summed E-state index contributed by atoms with van der Waals surface area (Å²) in [6, 6.07) is 15.9. The van der Waals surface area contributed by atoms with Crippen LogP contribution in [0.3, 0.4) is 0 Å². The van der Waals surface area contributed by atoms with Crippen molar-refractivity contribution in [3.8, 4) is 11.4 Å². The van der Waals surface area contributed by atoms with E-state index in [1.807, 2.05) is 55.5 Å². The zero-order valence-corrected chi connectivity index (χ0v) is 12.1. The van der Waals surface area contributed by atoms with Crippen LogP contribution in [0.25, 0.3) is 33.3 Å². The minimum Gasteiger partial charge on any atom is -0.359 e. The van der Waals surface area contributed by atoms with E-state index in [2.05, 4.69) is 15.0 Å². The van der Waals surface area contributed by atoms with Crippen molar-refractivity contribution in [3.63, 3.8) is 0 Å². The van der Waals surface area contributed by atoms with Gasteiger partial charge in [0.25, 0.3) is 0 Å². The first-order valence-corrected chi connectivity index (χ1v) is 7.11. The van der Waals surface area contributed by atoms with E-state index in [0.717, 1.165) is 39.0 Å². The van der Waals surface area contributed by atoms with Gasteiger partial charge in [0.1, 0.15) is 5.52 Å². The standard InChI is InChI=1S/C17H12ClN3/c1-10-9-12(18)15-13(19-10)7-8-14-16(15)21-17(20-14)11-5-3-2-4-6-11/h2-9,19H,1H3. The number of imidazole rings is 1. The predicted octanol–water partition coefficient (Wildman–Crippen LogP) is 4.74. The molecule has 0 aliphatic carbocycles. The van der Waals surface area contributed by atoms with Gasteiger partial charge in [-0.3, -0.25) is 0 Å². The highest BCUT2D eigenvalue weighted by Crippen LogP contribution is 2.31. The average molecular weight is 294 g/mol. The molecule has 102 valence electrons. The summed E-state index contributed by atoms with van der Waals surface area (Å²) in [5.74, 6) is 0.731. The van der Waals surface area contributed by atoms with E-state index in [9.17, 15) is 0 Å². The first-order valence-electron chi connectivity index (χ1n) is 6.73. The maximum atomic E-state index is 6.41. The number of aromatic amines is 1. The lowest BCUT2D eigenvalue weighted by Crippen LogP contribution is -1.86. The Morgan fingerprint density at radius 1 is 1.00 bits per heavy atom. The predicted molar refractivity (Wildman–Crippen MR) is 86.6 cm³/mol. The van der Waals surface area contributed by atoms with Gasteiger partial charge in [-0.2, -0.15) is 0 Å². The van der Waals surface area contributed by atoms with Crippen LogP contribution < -0.4 is 0 Å². The molecule has 0 saturated carbocycles. The molecule has 0 amide bonds. The number of hydrogen-bond donors (Lipinski definition) is 1. The van der Waals surface area contributed by atoms with Crippen LogP contribution in [0.2, 0.25) is 5.02 Å². The molecule has 2 heterocycles. The molecular formula is C17H12ClN3. The minimum atomic E-state index is 0.700. The third kappa shape index (κ3) is 1.98. The van der Waals surface area contributed by atoms with E-state index in [1.165, 1.54) is 0 Å². The third-order valence-corrected chi connectivity index (χ3v) is 3.84. The molecule has 4 aromatic rings. The Morgan fingerprint density at radius 2 is 1.81 bits per heavy atom. The molecule has 4 rings (SSSR count). The van der Waals surface area contributed by atoms with Crippen LogP contribution in [0.1, 0.15) is 5.69 Å². The second-order valence-corrected chi connectivity index (χ2v) is 5.48. The molecule has 0 fully saturated rings. The monoisotopic (exact) mass is 293 g/mol. The summed E-state index contributed by atoms with van der Waals surface area (Å²) >= 11 is 6.41. The van der Waals surface area contributed by atoms with E-state index in [1.54, 1.807) is 0 Å². The van der Waals surface area contributed by atoms with E-state index >= 15 is 0 Å². The van der Waals surface area contributed by atoms with E-state index < -0.39 is 0 Å². The summed E-state index contributed by atoms with van der Waals surface area (Å²) in [6.07, 6.45) is 0. The van der Waals surface area contributed by atoms with Crippen LogP contribution in [-0.4, -0.2) is 15.0 Å². The number of halogens is 1. The second kappa shape index (κ2) is 4.57. The summed E-state index contributed by atoms with van der Waals surface area (Å²) in [7, 11) is 0. The van der Waals surface area contributed by atoms with E-state index in [0.29, 0.717) is 5.02 Å². The lowest BCUT2D eigenvalue weighted by molar-refractivity contribution is 1.26. The zero-order valence-electron chi connectivity index (χ0n) is 11.4. The van der Waals surface area contributed by atoms with Gasteiger partial charge >= 0.3 is 0 Å². The SMILES string of the molecule is Cc1cc(Cl)c2c(ccc3nc(-c4ccccc4)nc32)[nH]1. The Kier molecular flexibility index (Phi) is 2.69. The number of H-pyrrole nitrogens is 1. The molecule has 0 aliphatic heterocycles. The van der Waals surface area contributed by atoms with Crippen LogP contribution in [0.15, 0.2) is 48.5 Å². The van der Waals surface area contributed by atoms with E-state index in [4.69, 9.17) is 11.6 Å². The smallest absolute Gasteiger partial charge is 0.160 e. The van der Waals surface area contributed by atoms with Crippen molar-refractivity contribution in [1.82, 2.24) is 15.0 Å². The molecule has 0 bridgehead atoms. The highest BCUT2D eigenvalue weighted by molar-refractivity contribution is 6.37. The number of nitrogens with zero attached hydrogens (tertiary/aromatic N) is 2. The highest BCUT2D eigenvalue weighted by Gasteiger charge is 2.12. The molecule has 21 heavy (non-hydrogen) atoms. The number of benzene rings is 2. The molecule has 2 aromatic heterocycles. The molecule has 4 heteroatoms. The van der Waals surface area contributed by atoms with Gasteiger partial charge in [-0.05, 0) is 25.1 Å². The zero-order chi connectivity index (χ0) is 14.4. The largest absolute Gasteiger partial charge is 0.359 e. The van der Waals surface area contributed by atoms with Gasteiger partial charge in [0.05, 0.1) is 10.5 Å². The van der Waals surface area contributed by atoms with Crippen molar-refractivity contribution in [2.45, 2.75) is 6.92 Å². The molecular weight excluding hydrogens is 282 g/mol. The van der Waals surface area contributed by atoms with Gasteiger partial charge in [0.2, 0.25) is 0 Å². The van der Waals surface area contributed by atoms with Crippen molar-refractivity contribution >= 4 is 33.5 Å². The molecule has 0 atom stereocenters. The van der Waals surface area contributed by atoms with Crippen molar-refractivity contribution in [3.05, 3.63) is 59.2 Å². The summed E-state index contributed by atoms with van der Waals surface area (Å²) in [5, 5.41) is 1.63. The number of aryl methyl sites for hydroxylation is 1. The summed E-state index contributed by atoms with van der Waals surface area (Å²) in [6.45, 7) is 1.99. The van der Waals surface area contributed by atoms with Crippen LogP contribution in [0.4, 0.5) is 0 Å². The number of fused-ring (bicyclic) bond motifs is 3. The fourth-order valence-corrected chi connectivity index (χ4v) is 2.96. The Morgan fingerprint density at radius 3 is 2.62 bits per heavy atom. The molecule has 0 aliphatic rings. The molecule has 0 saturated heterocycles. The first kappa shape index (κ1) is 12.4. The molecule has 2 aromatic carbocycles. The number of hydrogen-bond acceptors (Lipinski definition) is 2. The molecule has 0 spiro atoms. The number of nitrogens with one attached hydrogen (secondary N) is 1. The highest BCUT2D eigenvalue weighted by atomic mass is 35.5. The lowest BCUT2D eigenvalue weighted by Gasteiger charge is -2.03. The van der Waals surface area contributed by atoms with Crippen LogP contribution in [-0.2, 0) is 0 Å². The van der Waals surface area contributed by atoms with Crippen LogP contribution >= 0.6 is 11.6 Å². The number of pyridine rings is 1.